The van der Waals surface area contributed by atoms with E-state index in [-0.39, 0.29) is 11.7 Å². The smallest absolute Gasteiger partial charge is 0.200 e. The first-order valence-electron chi connectivity index (χ1n) is 8.78. The number of rotatable bonds is 7. The third-order valence-electron chi connectivity index (χ3n) is 4.88. The van der Waals surface area contributed by atoms with Crippen molar-refractivity contribution in [1.82, 2.24) is 0 Å². The zero-order valence-electron chi connectivity index (χ0n) is 13.8. The second kappa shape index (κ2) is 8.66. The van der Waals surface area contributed by atoms with E-state index in [0.717, 1.165) is 12.8 Å². The highest BCUT2D eigenvalue weighted by atomic mass is 28.3. The Kier molecular flexibility index (Phi) is 6.87. The minimum absolute atomic E-state index is 0.0337. The van der Waals surface area contributed by atoms with Crippen molar-refractivity contribution in [2.75, 3.05) is 6.61 Å². The van der Waals surface area contributed by atoms with Gasteiger partial charge in [-0.2, -0.15) is 4.39 Å². The number of hydrogen-bond donors (Lipinski definition) is 0. The van der Waals surface area contributed by atoms with Crippen molar-refractivity contribution in [1.29, 1.82) is 0 Å². The van der Waals surface area contributed by atoms with E-state index < -0.39 is 20.4 Å². The van der Waals surface area contributed by atoms with Gasteiger partial charge in [0.25, 0.3) is 0 Å². The summed E-state index contributed by atoms with van der Waals surface area (Å²) in [6, 6.07) is 7.31. The van der Waals surface area contributed by atoms with Gasteiger partial charge in [0.2, 0.25) is 5.82 Å². The lowest BCUT2D eigenvalue weighted by Crippen LogP contribution is -2.21. The van der Waals surface area contributed by atoms with Crippen LogP contribution in [0.15, 0.2) is 12.1 Å². The standard InChI is InChI=1S/C18H28F2OSi/c1-3-5-6-11-22-12-9-14(10-13-22)15-7-8-16(21-4-2)18(20)17(15)19/h7-8,14,22H,3-6,9-13H2,1-2H3. The molecule has 0 amide bonds. The minimum Gasteiger partial charge on any atom is -0.491 e. The summed E-state index contributed by atoms with van der Waals surface area (Å²) in [5.41, 5.74) is 0.557. The topological polar surface area (TPSA) is 9.23 Å². The molecule has 1 aliphatic rings. The monoisotopic (exact) mass is 326 g/mol. The fourth-order valence-electron chi connectivity index (χ4n) is 3.57. The van der Waals surface area contributed by atoms with Gasteiger partial charge in [0, 0.05) is 8.80 Å². The van der Waals surface area contributed by atoms with Gasteiger partial charge in [-0.1, -0.05) is 50.4 Å². The van der Waals surface area contributed by atoms with Crippen molar-refractivity contribution in [2.24, 2.45) is 0 Å². The van der Waals surface area contributed by atoms with Crippen LogP contribution >= 0.6 is 0 Å². The molecule has 0 atom stereocenters. The Balaban J connectivity index is 1.95. The van der Waals surface area contributed by atoms with Crippen LogP contribution in [0.4, 0.5) is 8.78 Å². The molecule has 2 rings (SSSR count). The Morgan fingerprint density at radius 1 is 1.09 bits per heavy atom. The first-order chi connectivity index (χ1) is 10.7. The van der Waals surface area contributed by atoms with Crippen molar-refractivity contribution in [3.63, 3.8) is 0 Å². The highest BCUT2D eigenvalue weighted by Crippen LogP contribution is 2.38. The quantitative estimate of drug-likeness (QED) is 0.464. The first kappa shape index (κ1) is 17.5. The van der Waals surface area contributed by atoms with Crippen LogP contribution in [0.25, 0.3) is 0 Å². The third kappa shape index (κ3) is 4.31. The predicted molar refractivity (Wildman–Crippen MR) is 90.6 cm³/mol. The van der Waals surface area contributed by atoms with Gasteiger partial charge >= 0.3 is 0 Å². The molecule has 1 fully saturated rings. The largest absolute Gasteiger partial charge is 0.491 e. The summed E-state index contributed by atoms with van der Waals surface area (Å²) in [6.45, 7) is 4.36. The average Bonchev–Trinajstić information content (AvgIpc) is 2.53. The van der Waals surface area contributed by atoms with E-state index in [0.29, 0.717) is 12.2 Å². The SMILES string of the molecule is CCCCC[SiH]1CCC(c2ccc(OCC)c(F)c2F)CC1. The second-order valence-electron chi connectivity index (χ2n) is 6.43. The molecular formula is C18H28F2OSi. The molecule has 124 valence electrons. The molecule has 0 spiro atoms. The van der Waals surface area contributed by atoms with Crippen LogP contribution in [0.5, 0.6) is 5.75 Å². The number of ether oxygens (including phenoxy) is 1. The summed E-state index contributed by atoms with van der Waals surface area (Å²) < 4.78 is 33.4. The zero-order chi connectivity index (χ0) is 15.9. The van der Waals surface area contributed by atoms with Gasteiger partial charge in [0.05, 0.1) is 6.61 Å². The Bertz CT molecular complexity index is 470. The predicted octanol–water partition coefficient (Wildman–Crippen LogP) is 5.66. The summed E-state index contributed by atoms with van der Waals surface area (Å²) in [4.78, 5) is 0. The fraction of sp³-hybridized carbons (Fsp3) is 0.667. The Labute approximate surface area is 134 Å². The van der Waals surface area contributed by atoms with Crippen molar-refractivity contribution >= 4 is 8.80 Å². The third-order valence-corrected chi connectivity index (χ3v) is 8.40. The zero-order valence-corrected chi connectivity index (χ0v) is 15.0. The molecule has 1 nitrogen and oxygen atoms in total. The minimum atomic E-state index is -0.818. The van der Waals surface area contributed by atoms with Gasteiger partial charge in [-0.25, -0.2) is 4.39 Å². The highest BCUT2D eigenvalue weighted by Gasteiger charge is 2.26. The van der Waals surface area contributed by atoms with E-state index in [2.05, 4.69) is 6.92 Å². The van der Waals surface area contributed by atoms with Crippen LogP contribution in [-0.2, 0) is 0 Å². The highest BCUT2D eigenvalue weighted by molar-refractivity contribution is 6.59. The van der Waals surface area contributed by atoms with Crippen molar-refractivity contribution < 1.29 is 13.5 Å². The van der Waals surface area contributed by atoms with Gasteiger partial charge in [0.15, 0.2) is 11.6 Å². The van der Waals surface area contributed by atoms with Gasteiger partial charge in [-0.15, -0.1) is 0 Å². The van der Waals surface area contributed by atoms with Gasteiger partial charge in [-0.05, 0) is 37.3 Å². The lowest BCUT2D eigenvalue weighted by Gasteiger charge is -2.28. The second-order valence-corrected chi connectivity index (χ2v) is 9.89. The Hall–Kier alpha value is -0.903. The fourth-order valence-corrected chi connectivity index (χ4v) is 7.05. The maximum atomic E-state index is 14.3. The van der Waals surface area contributed by atoms with E-state index >= 15 is 0 Å². The maximum absolute atomic E-state index is 14.3. The summed E-state index contributed by atoms with van der Waals surface area (Å²) in [5, 5.41) is 0. The number of benzene rings is 1. The van der Waals surface area contributed by atoms with Crippen molar-refractivity contribution in [3.8, 4) is 5.75 Å². The maximum Gasteiger partial charge on any atom is 0.200 e. The molecule has 1 saturated heterocycles. The van der Waals surface area contributed by atoms with Crippen LogP contribution in [0, 0.1) is 11.6 Å². The van der Waals surface area contributed by atoms with Gasteiger partial charge in [-0.3, -0.25) is 0 Å². The molecule has 0 aromatic heterocycles. The van der Waals surface area contributed by atoms with Crippen LogP contribution in [-0.4, -0.2) is 15.4 Å². The number of unbranched alkanes of at least 4 members (excludes halogenated alkanes) is 2. The van der Waals surface area contributed by atoms with Crippen LogP contribution in [0.2, 0.25) is 18.1 Å². The number of hydrogen-bond acceptors (Lipinski definition) is 1. The molecule has 0 bridgehead atoms. The number of halogens is 2. The molecule has 1 heterocycles. The molecule has 4 heteroatoms. The molecule has 22 heavy (non-hydrogen) atoms. The average molecular weight is 327 g/mol. The molecule has 0 unspecified atom stereocenters. The summed E-state index contributed by atoms with van der Waals surface area (Å²) >= 11 is 0. The molecule has 1 aromatic carbocycles. The summed E-state index contributed by atoms with van der Waals surface area (Å²) in [7, 11) is -0.610. The van der Waals surface area contributed by atoms with Gasteiger partial charge in [0.1, 0.15) is 0 Å². The molecule has 1 aliphatic heterocycles. The lowest BCUT2D eigenvalue weighted by molar-refractivity contribution is 0.312. The van der Waals surface area contributed by atoms with E-state index in [1.165, 1.54) is 37.4 Å². The summed E-state index contributed by atoms with van der Waals surface area (Å²) in [6.07, 6.45) is 6.05. The normalized spacial score (nSPS) is 21.8. The molecule has 0 N–H and O–H groups in total. The molecule has 0 aliphatic carbocycles. The van der Waals surface area contributed by atoms with Crippen LogP contribution in [0.1, 0.15) is 57.4 Å². The van der Waals surface area contributed by atoms with E-state index in [9.17, 15) is 8.78 Å². The van der Waals surface area contributed by atoms with E-state index in [1.54, 1.807) is 19.1 Å². The molecule has 0 radical (unpaired) electrons. The Morgan fingerprint density at radius 2 is 1.82 bits per heavy atom. The molecule has 0 saturated carbocycles. The van der Waals surface area contributed by atoms with Crippen LogP contribution in [0.3, 0.4) is 0 Å². The van der Waals surface area contributed by atoms with Crippen LogP contribution < -0.4 is 4.74 Å². The van der Waals surface area contributed by atoms with Crippen molar-refractivity contribution in [3.05, 3.63) is 29.3 Å². The first-order valence-corrected chi connectivity index (χ1v) is 11.2. The molecular weight excluding hydrogens is 298 g/mol. The molecule has 1 aromatic rings. The lowest BCUT2D eigenvalue weighted by atomic mass is 9.92. The van der Waals surface area contributed by atoms with E-state index in [4.69, 9.17) is 4.74 Å². The Morgan fingerprint density at radius 3 is 2.45 bits per heavy atom. The van der Waals surface area contributed by atoms with E-state index in [1.807, 2.05) is 0 Å². The van der Waals surface area contributed by atoms with Gasteiger partial charge < -0.3 is 4.74 Å². The van der Waals surface area contributed by atoms with Crippen molar-refractivity contribution in [2.45, 2.75) is 70.0 Å². The summed E-state index contributed by atoms with van der Waals surface area (Å²) in [5.74, 6) is -1.28.